The zero-order chi connectivity index (χ0) is 5.70. The highest BCUT2D eigenvalue weighted by atomic mass is 35.5. The number of aliphatic hydroxyl groups excluding tert-OH is 1. The Kier molecular flexibility index (Phi) is 3.74. The van der Waals surface area contributed by atoms with Gasteiger partial charge in [0.25, 0.3) is 0 Å². The van der Waals surface area contributed by atoms with Crippen LogP contribution in [-0.2, 0) is 9.53 Å². The summed E-state index contributed by atoms with van der Waals surface area (Å²) in [5, 5.41) is 7.93. The molecule has 4 heteroatoms. The quantitative estimate of drug-likeness (QED) is 0.407. The van der Waals surface area contributed by atoms with Crippen molar-refractivity contribution in [2.45, 2.75) is 0 Å². The smallest absolute Gasteiger partial charge is 0.332 e. The van der Waals surface area contributed by atoms with Crippen molar-refractivity contribution in [3.05, 3.63) is 0 Å². The molecule has 0 bridgehead atoms. The van der Waals surface area contributed by atoms with E-state index < -0.39 is 12.6 Å². The first-order valence-corrected chi connectivity index (χ1v) is 2.17. The molecule has 0 aliphatic rings. The number of rotatable bonds is 2. The molecular formula is C3H5ClO3. The molecule has 42 valence electrons. The summed E-state index contributed by atoms with van der Waals surface area (Å²) in [6.45, 7) is -0.604. The summed E-state index contributed by atoms with van der Waals surface area (Å²) in [5.41, 5.74) is 0. The molecule has 0 aromatic rings. The fourth-order valence-corrected chi connectivity index (χ4v) is 0.228. The number of halogens is 1. The van der Waals surface area contributed by atoms with E-state index >= 15 is 0 Å². The van der Waals surface area contributed by atoms with Crippen LogP contribution in [-0.4, -0.2) is 23.7 Å². The Morgan fingerprint density at radius 3 is 2.57 bits per heavy atom. The van der Waals surface area contributed by atoms with Crippen LogP contribution in [0.2, 0.25) is 0 Å². The van der Waals surface area contributed by atoms with Crippen molar-refractivity contribution >= 4 is 17.6 Å². The second-order valence-electron chi connectivity index (χ2n) is 0.784. The van der Waals surface area contributed by atoms with Gasteiger partial charge in [0.05, 0.1) is 0 Å². The van der Waals surface area contributed by atoms with E-state index in [1.165, 1.54) is 0 Å². The van der Waals surface area contributed by atoms with Crippen LogP contribution in [0.5, 0.6) is 0 Å². The zero-order valence-corrected chi connectivity index (χ0v) is 4.31. The molecule has 0 aliphatic carbocycles. The van der Waals surface area contributed by atoms with E-state index in [4.69, 9.17) is 16.7 Å². The monoisotopic (exact) mass is 124 g/mol. The molecule has 0 aromatic heterocycles. The Bertz CT molecular complexity index is 63.2. The second kappa shape index (κ2) is 3.89. The van der Waals surface area contributed by atoms with Gasteiger partial charge in [-0.25, -0.2) is 4.79 Å². The van der Waals surface area contributed by atoms with E-state index in [9.17, 15) is 4.79 Å². The van der Waals surface area contributed by atoms with Crippen LogP contribution in [0.15, 0.2) is 0 Å². The Hall–Kier alpha value is -0.280. The van der Waals surface area contributed by atoms with E-state index in [1.807, 2.05) is 0 Å². The van der Waals surface area contributed by atoms with Crippen molar-refractivity contribution in [3.8, 4) is 0 Å². The summed E-state index contributed by atoms with van der Waals surface area (Å²) in [4.78, 5) is 9.86. The van der Waals surface area contributed by atoms with E-state index in [2.05, 4.69) is 4.74 Å². The maximum atomic E-state index is 9.86. The van der Waals surface area contributed by atoms with Gasteiger partial charge in [0.15, 0.2) is 6.07 Å². The van der Waals surface area contributed by atoms with Crippen molar-refractivity contribution in [1.29, 1.82) is 0 Å². The van der Waals surface area contributed by atoms with E-state index in [-0.39, 0.29) is 6.07 Å². The second-order valence-corrected chi connectivity index (χ2v) is 1.00. The van der Waals surface area contributed by atoms with Crippen molar-refractivity contribution < 1.29 is 14.6 Å². The number of hydrogen-bond acceptors (Lipinski definition) is 3. The lowest BCUT2D eigenvalue weighted by molar-refractivity contribution is -0.144. The van der Waals surface area contributed by atoms with Crippen LogP contribution in [0.4, 0.5) is 0 Å². The van der Waals surface area contributed by atoms with Gasteiger partial charge in [0, 0.05) is 0 Å². The lowest BCUT2D eigenvalue weighted by Gasteiger charge is -1.91. The van der Waals surface area contributed by atoms with Crippen molar-refractivity contribution in [1.82, 2.24) is 0 Å². The van der Waals surface area contributed by atoms with Gasteiger partial charge in [-0.2, -0.15) is 0 Å². The fourth-order valence-electron chi connectivity index (χ4n) is 0.106. The molecule has 1 N–H and O–H groups in total. The average molecular weight is 125 g/mol. The Morgan fingerprint density at radius 1 is 1.86 bits per heavy atom. The summed E-state index contributed by atoms with van der Waals surface area (Å²) in [6, 6.07) is -0.195. The topological polar surface area (TPSA) is 46.5 Å². The molecule has 0 saturated heterocycles. The van der Waals surface area contributed by atoms with Crippen LogP contribution in [0, 0.1) is 0 Å². The minimum Gasteiger partial charge on any atom is -0.448 e. The Labute approximate surface area is 45.8 Å². The first-order valence-electron chi connectivity index (χ1n) is 1.63. The minimum absolute atomic E-state index is 0.195. The summed E-state index contributed by atoms with van der Waals surface area (Å²) in [7, 11) is 0. The summed E-state index contributed by atoms with van der Waals surface area (Å²) < 4.78 is 4.07. The molecule has 0 aromatic carbocycles. The zero-order valence-electron chi connectivity index (χ0n) is 3.56. The minimum atomic E-state index is -0.699. The van der Waals surface area contributed by atoms with Crippen LogP contribution in [0.1, 0.15) is 0 Å². The third-order valence-electron chi connectivity index (χ3n) is 0.345. The average Bonchev–Trinajstić information content (AvgIpc) is 1.68. The Morgan fingerprint density at radius 2 is 2.43 bits per heavy atom. The molecule has 0 amide bonds. The van der Waals surface area contributed by atoms with Crippen LogP contribution >= 0.6 is 11.6 Å². The first-order chi connectivity index (χ1) is 3.31. The largest absolute Gasteiger partial charge is 0.448 e. The van der Waals surface area contributed by atoms with Crippen LogP contribution in [0.3, 0.4) is 0 Å². The van der Waals surface area contributed by atoms with Crippen LogP contribution < -0.4 is 0 Å². The first kappa shape index (κ1) is 6.72. The van der Waals surface area contributed by atoms with Gasteiger partial charge >= 0.3 is 5.97 Å². The molecular weight excluding hydrogens is 119 g/mol. The van der Waals surface area contributed by atoms with Gasteiger partial charge in [-0.3, -0.25) is 0 Å². The lowest BCUT2D eigenvalue weighted by atomic mass is 10.8. The molecule has 0 heterocycles. The summed E-state index contributed by atoms with van der Waals surface area (Å²) >= 11 is 4.92. The van der Waals surface area contributed by atoms with Crippen LogP contribution in [0.25, 0.3) is 0 Å². The molecule has 0 fully saturated rings. The van der Waals surface area contributed by atoms with E-state index in [1.54, 1.807) is 0 Å². The fraction of sp³-hybridized carbons (Fsp3) is 0.667. The van der Waals surface area contributed by atoms with Gasteiger partial charge in [0.1, 0.15) is 6.61 Å². The number of ether oxygens (including phenoxy) is 1. The maximum Gasteiger partial charge on any atom is 0.332 e. The van der Waals surface area contributed by atoms with Gasteiger partial charge < -0.3 is 9.84 Å². The molecule has 3 nitrogen and oxygen atoms in total. The molecule has 0 saturated carbocycles. The molecule has 0 radical (unpaired) electrons. The molecule has 0 atom stereocenters. The number of alkyl halides is 1. The van der Waals surface area contributed by atoms with Gasteiger partial charge in [0.2, 0.25) is 0 Å². The van der Waals surface area contributed by atoms with E-state index in [0.717, 1.165) is 0 Å². The highest BCUT2D eigenvalue weighted by Gasteiger charge is 1.93. The molecule has 0 spiro atoms. The highest BCUT2D eigenvalue weighted by molar-refractivity contribution is 6.17. The van der Waals surface area contributed by atoms with Gasteiger partial charge in [-0.15, -0.1) is 0 Å². The van der Waals surface area contributed by atoms with Crippen molar-refractivity contribution in [2.75, 3.05) is 12.7 Å². The van der Waals surface area contributed by atoms with Crippen molar-refractivity contribution in [2.24, 2.45) is 0 Å². The third-order valence-corrected chi connectivity index (χ3v) is 0.454. The Balaban J connectivity index is 3.00. The molecule has 0 rings (SSSR count). The van der Waals surface area contributed by atoms with Gasteiger partial charge in [-0.05, 0) is 0 Å². The third kappa shape index (κ3) is 3.55. The number of esters is 1. The standard InChI is InChI=1S/C3H5ClO3/c4-2-7-3(6)1-5/h5H,1-2H2. The van der Waals surface area contributed by atoms with Gasteiger partial charge in [-0.1, -0.05) is 11.6 Å². The SMILES string of the molecule is O=C(CO)OCCl. The van der Waals surface area contributed by atoms with Crippen molar-refractivity contribution in [3.63, 3.8) is 0 Å². The maximum absolute atomic E-state index is 9.86. The number of aliphatic hydroxyl groups is 1. The predicted molar refractivity (Wildman–Crippen MR) is 23.9 cm³/mol. The molecule has 0 unspecified atom stereocenters. The highest BCUT2D eigenvalue weighted by Crippen LogP contribution is 1.78. The number of hydrogen-bond donors (Lipinski definition) is 1. The number of carbonyl (C=O) groups is 1. The molecule has 0 aliphatic heterocycles. The van der Waals surface area contributed by atoms with E-state index in [0.29, 0.717) is 0 Å². The predicted octanol–water partition coefficient (Wildman–Crippen LogP) is -0.282. The normalized spacial score (nSPS) is 8.29. The summed E-state index contributed by atoms with van der Waals surface area (Å²) in [5.74, 6) is -0.699. The lowest BCUT2D eigenvalue weighted by Crippen LogP contribution is -2.06. The number of carbonyl (C=O) groups excluding carboxylic acids is 1. The summed E-state index contributed by atoms with van der Waals surface area (Å²) in [6.07, 6.45) is 0. The molecule has 7 heavy (non-hydrogen) atoms.